The lowest BCUT2D eigenvalue weighted by atomic mass is 10.1. The highest BCUT2D eigenvalue weighted by Crippen LogP contribution is 2.32. The van der Waals surface area contributed by atoms with Crippen LogP contribution < -0.4 is 4.74 Å². The van der Waals surface area contributed by atoms with Gasteiger partial charge in [-0.05, 0) is 63.5 Å². The van der Waals surface area contributed by atoms with Crippen molar-refractivity contribution < 1.29 is 13.2 Å². The number of likely N-dealkylation sites (N-methyl/N-ethyl adjacent to an activating group) is 1. The Morgan fingerprint density at radius 3 is 2.36 bits per heavy atom. The van der Waals surface area contributed by atoms with Gasteiger partial charge in [0, 0.05) is 19.6 Å². The van der Waals surface area contributed by atoms with Crippen LogP contribution in [0.3, 0.4) is 0 Å². The molecular weight excluding hydrogens is 300 g/mol. The molecule has 0 bridgehead atoms. The topological polar surface area (TPSA) is 49.9 Å². The summed E-state index contributed by atoms with van der Waals surface area (Å²) in [6, 6.07) is 1.82. The highest BCUT2D eigenvalue weighted by molar-refractivity contribution is 7.89. The Morgan fingerprint density at radius 1 is 1.05 bits per heavy atom. The summed E-state index contributed by atoms with van der Waals surface area (Å²) in [6.45, 7) is 8.44. The zero-order valence-electron chi connectivity index (χ0n) is 14.1. The summed E-state index contributed by atoms with van der Waals surface area (Å²) in [5.74, 6) is 0.740. The normalized spacial score (nSPS) is 18.2. The minimum absolute atomic E-state index is 0.440. The molecule has 5 nitrogen and oxygen atoms in total. The number of sulfonamides is 1. The molecule has 0 unspecified atom stereocenters. The van der Waals surface area contributed by atoms with E-state index in [1.54, 1.807) is 11.4 Å². The highest BCUT2D eigenvalue weighted by Gasteiger charge is 2.30. The van der Waals surface area contributed by atoms with Crippen LogP contribution in [-0.4, -0.2) is 58.0 Å². The van der Waals surface area contributed by atoms with Crippen LogP contribution in [0.5, 0.6) is 5.75 Å². The van der Waals surface area contributed by atoms with Crippen molar-refractivity contribution in [1.82, 2.24) is 9.21 Å². The molecule has 0 aromatic heterocycles. The zero-order valence-corrected chi connectivity index (χ0v) is 15.0. The van der Waals surface area contributed by atoms with Crippen molar-refractivity contribution in [2.75, 3.05) is 40.3 Å². The average molecular weight is 326 g/mol. The van der Waals surface area contributed by atoms with E-state index in [9.17, 15) is 8.42 Å². The van der Waals surface area contributed by atoms with Gasteiger partial charge in [-0.15, -0.1) is 0 Å². The average Bonchev–Trinajstić information content (AvgIpc) is 2.67. The Balaban J connectivity index is 2.48. The maximum atomic E-state index is 13.1. The SMILES string of the molecule is COc1cc(C)c(S(=O)(=O)N2CCCN(C)CC2)c(C)c1C. The van der Waals surface area contributed by atoms with Gasteiger partial charge >= 0.3 is 0 Å². The third-order valence-corrected chi connectivity index (χ3v) is 6.66. The molecule has 22 heavy (non-hydrogen) atoms. The molecule has 1 fully saturated rings. The van der Waals surface area contributed by atoms with E-state index in [2.05, 4.69) is 4.90 Å². The molecule has 1 aliphatic rings. The van der Waals surface area contributed by atoms with Gasteiger partial charge in [0.1, 0.15) is 5.75 Å². The largest absolute Gasteiger partial charge is 0.496 e. The molecule has 1 aromatic carbocycles. The van der Waals surface area contributed by atoms with Crippen LogP contribution in [0.1, 0.15) is 23.1 Å². The van der Waals surface area contributed by atoms with E-state index >= 15 is 0 Å². The van der Waals surface area contributed by atoms with Crippen LogP contribution in [-0.2, 0) is 10.0 Å². The van der Waals surface area contributed by atoms with Gasteiger partial charge in [-0.25, -0.2) is 8.42 Å². The molecule has 0 spiro atoms. The van der Waals surface area contributed by atoms with E-state index in [1.165, 1.54) is 0 Å². The lowest BCUT2D eigenvalue weighted by molar-refractivity contribution is 0.347. The first-order valence-corrected chi connectivity index (χ1v) is 9.06. The molecule has 0 radical (unpaired) electrons. The number of benzene rings is 1. The Morgan fingerprint density at radius 2 is 1.73 bits per heavy atom. The first kappa shape index (κ1) is 17.2. The van der Waals surface area contributed by atoms with Gasteiger partial charge in [0.25, 0.3) is 0 Å². The van der Waals surface area contributed by atoms with Crippen LogP contribution >= 0.6 is 0 Å². The van der Waals surface area contributed by atoms with Crippen LogP contribution in [0.15, 0.2) is 11.0 Å². The molecule has 6 heteroatoms. The van der Waals surface area contributed by atoms with Crippen LogP contribution in [0.2, 0.25) is 0 Å². The lowest BCUT2D eigenvalue weighted by Crippen LogP contribution is -2.35. The van der Waals surface area contributed by atoms with Gasteiger partial charge in [0.15, 0.2) is 0 Å². The second-order valence-corrected chi connectivity index (χ2v) is 7.91. The van der Waals surface area contributed by atoms with Crippen LogP contribution in [0.4, 0.5) is 0 Å². The highest BCUT2D eigenvalue weighted by atomic mass is 32.2. The summed E-state index contributed by atoms with van der Waals surface area (Å²) < 4.78 is 33.2. The quantitative estimate of drug-likeness (QED) is 0.852. The van der Waals surface area contributed by atoms with Crippen molar-refractivity contribution in [3.63, 3.8) is 0 Å². The molecule has 0 atom stereocenters. The van der Waals surface area contributed by atoms with Crippen LogP contribution in [0.25, 0.3) is 0 Å². The summed E-state index contributed by atoms with van der Waals surface area (Å²) in [7, 11) is 0.177. The van der Waals surface area contributed by atoms with Crippen molar-refractivity contribution in [1.29, 1.82) is 0 Å². The molecule has 2 rings (SSSR count). The van der Waals surface area contributed by atoms with Crippen molar-refractivity contribution in [3.8, 4) is 5.75 Å². The van der Waals surface area contributed by atoms with Crippen molar-refractivity contribution in [3.05, 3.63) is 22.8 Å². The number of ether oxygens (including phenoxy) is 1. The maximum absolute atomic E-state index is 13.1. The molecule has 124 valence electrons. The second kappa shape index (κ2) is 6.56. The van der Waals surface area contributed by atoms with E-state index in [0.29, 0.717) is 18.0 Å². The Hall–Kier alpha value is -1.11. The molecule has 1 aliphatic heterocycles. The fraction of sp³-hybridized carbons (Fsp3) is 0.625. The third kappa shape index (κ3) is 3.14. The summed E-state index contributed by atoms with van der Waals surface area (Å²) in [5, 5.41) is 0. The van der Waals surface area contributed by atoms with Crippen molar-refractivity contribution in [2.45, 2.75) is 32.1 Å². The maximum Gasteiger partial charge on any atom is 0.243 e. The number of methoxy groups -OCH3 is 1. The van der Waals surface area contributed by atoms with E-state index in [4.69, 9.17) is 4.74 Å². The smallest absolute Gasteiger partial charge is 0.243 e. The van der Waals surface area contributed by atoms with Gasteiger partial charge in [0.2, 0.25) is 10.0 Å². The van der Waals surface area contributed by atoms with E-state index < -0.39 is 10.0 Å². The van der Waals surface area contributed by atoms with Crippen LogP contribution in [0, 0.1) is 20.8 Å². The van der Waals surface area contributed by atoms with Gasteiger partial charge in [-0.3, -0.25) is 0 Å². The monoisotopic (exact) mass is 326 g/mol. The van der Waals surface area contributed by atoms with E-state index in [1.807, 2.05) is 33.9 Å². The molecule has 1 saturated heterocycles. The van der Waals surface area contributed by atoms with E-state index in [0.717, 1.165) is 42.0 Å². The third-order valence-electron chi connectivity index (χ3n) is 4.47. The Kier molecular flexibility index (Phi) is 5.14. The van der Waals surface area contributed by atoms with Gasteiger partial charge < -0.3 is 9.64 Å². The number of hydrogen-bond donors (Lipinski definition) is 0. The number of aryl methyl sites for hydroxylation is 1. The number of rotatable bonds is 3. The minimum atomic E-state index is -3.47. The molecule has 0 amide bonds. The van der Waals surface area contributed by atoms with Gasteiger partial charge in [0.05, 0.1) is 12.0 Å². The second-order valence-electron chi connectivity index (χ2n) is 6.04. The Bertz CT molecular complexity index is 656. The number of hydrogen-bond acceptors (Lipinski definition) is 4. The van der Waals surface area contributed by atoms with Gasteiger partial charge in [-0.1, -0.05) is 0 Å². The summed E-state index contributed by atoms with van der Waals surface area (Å²) in [4.78, 5) is 2.62. The van der Waals surface area contributed by atoms with E-state index in [-0.39, 0.29) is 0 Å². The molecule has 1 aromatic rings. The summed E-state index contributed by atoms with van der Waals surface area (Å²) >= 11 is 0. The first-order chi connectivity index (χ1) is 10.3. The lowest BCUT2D eigenvalue weighted by Gasteiger charge is -2.24. The summed E-state index contributed by atoms with van der Waals surface area (Å²) in [5.41, 5.74) is 2.42. The minimum Gasteiger partial charge on any atom is -0.496 e. The summed E-state index contributed by atoms with van der Waals surface area (Å²) in [6.07, 6.45) is 0.864. The molecule has 0 N–H and O–H groups in total. The van der Waals surface area contributed by atoms with Crippen molar-refractivity contribution in [2.24, 2.45) is 0 Å². The van der Waals surface area contributed by atoms with Gasteiger partial charge in [-0.2, -0.15) is 4.31 Å². The van der Waals surface area contributed by atoms with Crippen molar-refractivity contribution >= 4 is 10.0 Å². The number of nitrogens with zero attached hydrogens (tertiary/aromatic N) is 2. The Labute approximate surface area is 133 Å². The fourth-order valence-corrected chi connectivity index (χ4v) is 4.98. The molecule has 1 heterocycles. The zero-order chi connectivity index (χ0) is 16.5. The molecule has 0 saturated carbocycles. The fourth-order valence-electron chi connectivity index (χ4n) is 3.02. The predicted octanol–water partition coefficient (Wildman–Crippen LogP) is 1.95. The first-order valence-electron chi connectivity index (χ1n) is 7.62. The predicted molar refractivity (Wildman–Crippen MR) is 88.1 cm³/mol. The molecular formula is C16H26N2O3S. The molecule has 0 aliphatic carbocycles. The standard InChI is InChI=1S/C16H26N2O3S/c1-12-11-15(21-5)13(2)14(3)16(12)22(19,20)18-8-6-7-17(4)9-10-18/h11H,6-10H2,1-5H3.